The maximum absolute atomic E-state index is 13.8. The average Bonchev–Trinajstić information content (AvgIpc) is 3.01. The Balaban J connectivity index is 1.72. The second-order valence-electron chi connectivity index (χ2n) is 10.9. The predicted molar refractivity (Wildman–Crippen MR) is 162 cm³/mol. The number of hydrogen-bond acceptors (Lipinski definition) is 8. The number of aromatic nitrogens is 1. The van der Waals surface area contributed by atoms with Gasteiger partial charge in [-0.15, -0.1) is 0 Å². The van der Waals surface area contributed by atoms with Crippen molar-refractivity contribution >= 4 is 21.8 Å². The molecule has 0 bridgehead atoms. The maximum Gasteiger partial charge on any atom is 0.259 e. The van der Waals surface area contributed by atoms with Gasteiger partial charge in [-0.1, -0.05) is 25.1 Å². The summed E-state index contributed by atoms with van der Waals surface area (Å²) in [6.07, 6.45) is 0.885. The zero-order chi connectivity index (χ0) is 31.5. The number of fused-ring (bicyclic) bond motifs is 1. The maximum atomic E-state index is 13.8. The first-order valence-electron chi connectivity index (χ1n) is 13.9. The number of aliphatic hydroxyl groups is 1. The number of carbonyl (C=O) groups is 2. The number of amides is 2. The first-order valence-corrected chi connectivity index (χ1v) is 15.3. The van der Waals surface area contributed by atoms with Crippen LogP contribution in [0.1, 0.15) is 34.6 Å². The Morgan fingerprint density at radius 2 is 1.86 bits per heavy atom. The fraction of sp³-hybridized carbons (Fsp3) is 0.387. The Bertz CT molecular complexity index is 1590. The van der Waals surface area contributed by atoms with E-state index in [1.54, 1.807) is 68.5 Å². The lowest BCUT2D eigenvalue weighted by Gasteiger charge is -2.37. The topological polar surface area (TPSA) is 130 Å². The van der Waals surface area contributed by atoms with E-state index in [0.29, 0.717) is 22.4 Å². The molecule has 3 atom stereocenters. The molecule has 0 spiro atoms. The molecule has 0 unspecified atom stereocenters. The summed E-state index contributed by atoms with van der Waals surface area (Å²) < 4.78 is 39.6. The lowest BCUT2D eigenvalue weighted by Crippen LogP contribution is -2.50. The highest BCUT2D eigenvalue weighted by atomic mass is 32.2. The monoisotopic (exact) mass is 610 g/mol. The number of ether oxygens (including phenoxy) is 2. The van der Waals surface area contributed by atoms with Gasteiger partial charge >= 0.3 is 0 Å². The van der Waals surface area contributed by atoms with Gasteiger partial charge in [-0.05, 0) is 42.8 Å². The zero-order valence-electron chi connectivity index (χ0n) is 25.2. The minimum atomic E-state index is -3.90. The molecule has 0 fully saturated rings. The van der Waals surface area contributed by atoms with Crippen molar-refractivity contribution in [1.82, 2.24) is 19.1 Å². The van der Waals surface area contributed by atoms with Crippen LogP contribution < -0.4 is 9.47 Å². The second-order valence-corrected chi connectivity index (χ2v) is 13.0. The van der Waals surface area contributed by atoms with Crippen LogP contribution in [0, 0.1) is 5.92 Å². The number of nitrogens with zero attached hydrogens (tertiary/aromatic N) is 4. The molecule has 43 heavy (non-hydrogen) atoms. The summed E-state index contributed by atoms with van der Waals surface area (Å²) in [6, 6.07) is 14.4. The van der Waals surface area contributed by atoms with Crippen LogP contribution in [0.25, 0.3) is 11.1 Å². The van der Waals surface area contributed by atoms with Crippen molar-refractivity contribution in [2.75, 3.05) is 47.9 Å². The van der Waals surface area contributed by atoms with Gasteiger partial charge in [0.1, 0.15) is 17.4 Å². The van der Waals surface area contributed by atoms with Crippen LogP contribution >= 0.6 is 0 Å². The fourth-order valence-corrected chi connectivity index (χ4v) is 6.08. The highest BCUT2D eigenvalue weighted by Crippen LogP contribution is 2.31. The van der Waals surface area contributed by atoms with Crippen molar-refractivity contribution in [3.63, 3.8) is 0 Å². The van der Waals surface area contributed by atoms with E-state index in [-0.39, 0.29) is 53.8 Å². The van der Waals surface area contributed by atoms with Gasteiger partial charge < -0.3 is 24.4 Å². The van der Waals surface area contributed by atoms with Crippen molar-refractivity contribution in [2.45, 2.75) is 30.9 Å². The summed E-state index contributed by atoms with van der Waals surface area (Å²) in [4.78, 5) is 34.0. The summed E-state index contributed by atoms with van der Waals surface area (Å²) in [5.41, 5.74) is 1.95. The largest absolute Gasteiger partial charge is 0.497 e. The van der Waals surface area contributed by atoms with Gasteiger partial charge in [0.05, 0.1) is 31.2 Å². The number of hydrogen-bond donors (Lipinski definition) is 1. The molecule has 0 saturated heterocycles. The van der Waals surface area contributed by atoms with Crippen molar-refractivity contribution in [1.29, 1.82) is 0 Å². The molecular weight excluding hydrogens is 572 g/mol. The smallest absolute Gasteiger partial charge is 0.259 e. The van der Waals surface area contributed by atoms with Crippen LogP contribution in [0.2, 0.25) is 0 Å². The highest BCUT2D eigenvalue weighted by molar-refractivity contribution is 7.89. The molecule has 1 N–H and O–H groups in total. The predicted octanol–water partition coefficient (Wildman–Crippen LogP) is 3.00. The summed E-state index contributed by atoms with van der Waals surface area (Å²) >= 11 is 0. The van der Waals surface area contributed by atoms with E-state index in [0.717, 1.165) is 0 Å². The van der Waals surface area contributed by atoms with Crippen LogP contribution in [0.15, 0.2) is 65.7 Å². The number of benzene rings is 2. The van der Waals surface area contributed by atoms with Crippen LogP contribution in [-0.2, 0) is 10.0 Å². The van der Waals surface area contributed by atoms with E-state index in [9.17, 15) is 23.1 Å². The quantitative estimate of drug-likeness (QED) is 0.392. The Hall–Kier alpha value is -4.00. The fourth-order valence-electron chi connectivity index (χ4n) is 4.86. The third-order valence-corrected chi connectivity index (χ3v) is 9.38. The molecule has 1 aliphatic heterocycles. The third-order valence-electron chi connectivity index (χ3n) is 7.56. The van der Waals surface area contributed by atoms with Gasteiger partial charge in [-0.25, -0.2) is 13.4 Å². The lowest BCUT2D eigenvalue weighted by molar-refractivity contribution is 0.0373. The molecule has 3 aromatic rings. The van der Waals surface area contributed by atoms with Gasteiger partial charge in [-0.2, -0.15) is 4.31 Å². The van der Waals surface area contributed by atoms with E-state index >= 15 is 0 Å². The van der Waals surface area contributed by atoms with Crippen molar-refractivity contribution in [2.24, 2.45) is 5.92 Å². The number of sulfonamides is 1. The number of aliphatic hydroxyl groups excluding tert-OH is 1. The molecule has 1 aromatic heterocycles. The van der Waals surface area contributed by atoms with E-state index in [4.69, 9.17) is 9.47 Å². The molecule has 11 nitrogen and oxygen atoms in total. The van der Waals surface area contributed by atoms with Gasteiger partial charge in [0, 0.05) is 57.0 Å². The van der Waals surface area contributed by atoms with Crippen LogP contribution in [0.3, 0.4) is 0 Å². The normalized spacial score (nSPS) is 17.9. The first-order chi connectivity index (χ1) is 20.4. The van der Waals surface area contributed by atoms with Crippen molar-refractivity contribution in [3.8, 4) is 22.8 Å². The molecule has 0 saturated carbocycles. The van der Waals surface area contributed by atoms with Crippen molar-refractivity contribution < 1.29 is 32.6 Å². The number of likely N-dealkylation sites (N-methyl/N-ethyl adjacent to an activating group) is 1. The zero-order valence-corrected chi connectivity index (χ0v) is 26.0. The van der Waals surface area contributed by atoms with Gasteiger partial charge in [0.2, 0.25) is 15.9 Å². The van der Waals surface area contributed by atoms with Crippen LogP contribution in [0.5, 0.6) is 11.6 Å². The Kier molecular flexibility index (Phi) is 9.73. The van der Waals surface area contributed by atoms with E-state index < -0.39 is 22.2 Å². The summed E-state index contributed by atoms with van der Waals surface area (Å²) in [5, 5.41) is 9.97. The van der Waals surface area contributed by atoms with Gasteiger partial charge in [0.25, 0.3) is 11.8 Å². The molecule has 0 aliphatic carbocycles. The molecule has 4 rings (SSSR count). The third kappa shape index (κ3) is 6.82. The van der Waals surface area contributed by atoms with Crippen LogP contribution in [-0.4, -0.2) is 105 Å². The Labute approximate surface area is 252 Å². The highest BCUT2D eigenvalue weighted by Gasteiger charge is 2.36. The molecular formula is C31H38N4O7S. The summed E-state index contributed by atoms with van der Waals surface area (Å²) in [5.74, 6) is -0.359. The van der Waals surface area contributed by atoms with Crippen LogP contribution in [0.4, 0.5) is 0 Å². The summed E-state index contributed by atoms with van der Waals surface area (Å²) in [6.45, 7) is 3.55. The van der Waals surface area contributed by atoms with Crippen molar-refractivity contribution in [3.05, 3.63) is 71.9 Å². The molecule has 0 radical (unpaired) electrons. The van der Waals surface area contributed by atoms with E-state index in [1.807, 2.05) is 13.0 Å². The molecule has 12 heteroatoms. The lowest BCUT2D eigenvalue weighted by atomic mass is 9.99. The van der Waals surface area contributed by atoms with Gasteiger partial charge in [-0.3, -0.25) is 9.59 Å². The van der Waals surface area contributed by atoms with E-state index in [1.165, 1.54) is 35.5 Å². The number of pyridine rings is 1. The van der Waals surface area contributed by atoms with Gasteiger partial charge in [0.15, 0.2) is 0 Å². The number of methoxy groups -OCH3 is 1. The second kappa shape index (κ2) is 13.1. The first kappa shape index (κ1) is 31.9. The molecule has 1 aliphatic rings. The minimum absolute atomic E-state index is 0.0200. The number of carbonyl (C=O) groups excluding carboxylic acids is 2. The minimum Gasteiger partial charge on any atom is -0.497 e. The molecule has 2 heterocycles. The Morgan fingerprint density at radius 1 is 1.14 bits per heavy atom. The Morgan fingerprint density at radius 3 is 2.53 bits per heavy atom. The standard InChI is InChI=1S/C31H38N4O7S/c1-20-17-35(21(2)19-36)31(38)27-14-24(22-9-7-10-23(13-22)30(37)33(3)4)16-32-29(27)42-28(20)18-34(5)43(39,40)26-12-8-11-25(15-26)41-6/h7-16,20-21,28,36H,17-19H2,1-6H3/t20-,21-,28-/m0/s1. The molecule has 2 amide bonds. The molecule has 2 aromatic carbocycles. The summed E-state index contributed by atoms with van der Waals surface area (Å²) in [7, 11) is 2.39. The van der Waals surface area contributed by atoms with E-state index in [2.05, 4.69) is 4.98 Å². The SMILES string of the molecule is COc1cccc(S(=O)(=O)N(C)C[C@@H]2Oc3ncc(-c4cccc(C(=O)N(C)C)c4)cc3C(=O)N([C@@H](C)CO)C[C@@H]2C)c1. The number of rotatable bonds is 9. The molecule has 230 valence electrons. The average molecular weight is 611 g/mol.